The Balaban J connectivity index is 2.14. The van der Waals surface area contributed by atoms with Gasteiger partial charge in [-0.25, -0.2) is 0 Å². The number of nitrogens with zero attached hydrogens (tertiary/aromatic N) is 1. The van der Waals surface area contributed by atoms with E-state index in [1.54, 1.807) is 0 Å². The van der Waals surface area contributed by atoms with Crippen molar-refractivity contribution in [2.24, 2.45) is 0 Å². The molecule has 0 spiro atoms. The van der Waals surface area contributed by atoms with E-state index in [4.69, 9.17) is 0 Å². The molecule has 0 unspecified atom stereocenters. The van der Waals surface area contributed by atoms with Crippen LogP contribution in [0.1, 0.15) is 5.56 Å². The Morgan fingerprint density at radius 1 is 0.750 bits per heavy atom. The minimum Gasteiger partial charge on any atom is -0.265 e. The second-order valence-corrected chi connectivity index (χ2v) is 7.24. The van der Waals surface area contributed by atoms with Crippen LogP contribution in [0.25, 0.3) is 0 Å². The molecule has 0 aliphatic heterocycles. The number of aromatic nitrogens is 1. The SMILES string of the molecule is Cc1ccnc([Si](c2ccccc2)c2ccccc2)c1. The Labute approximate surface area is 121 Å². The molecule has 0 aliphatic carbocycles. The van der Waals surface area contributed by atoms with Crippen LogP contribution in [0.2, 0.25) is 0 Å². The highest BCUT2D eigenvalue weighted by molar-refractivity contribution is 6.95. The summed E-state index contributed by atoms with van der Waals surface area (Å²) in [6.07, 6.45) is 1.92. The fourth-order valence-corrected chi connectivity index (χ4v) is 4.90. The number of hydrogen-bond donors (Lipinski definition) is 0. The summed E-state index contributed by atoms with van der Waals surface area (Å²) in [5.41, 5.74) is 1.27. The molecule has 2 heteroatoms. The summed E-state index contributed by atoms with van der Waals surface area (Å²) in [5, 5.41) is 3.95. The van der Waals surface area contributed by atoms with E-state index in [0.717, 1.165) is 0 Å². The molecule has 3 rings (SSSR count). The van der Waals surface area contributed by atoms with E-state index in [1.165, 1.54) is 21.3 Å². The van der Waals surface area contributed by atoms with Gasteiger partial charge in [0.15, 0.2) is 8.80 Å². The zero-order valence-electron chi connectivity index (χ0n) is 11.5. The minimum atomic E-state index is -1.01. The van der Waals surface area contributed by atoms with Crippen molar-refractivity contribution in [2.45, 2.75) is 6.92 Å². The number of benzene rings is 2. The van der Waals surface area contributed by atoms with Gasteiger partial charge in [0.2, 0.25) is 0 Å². The van der Waals surface area contributed by atoms with Crippen LogP contribution in [0.4, 0.5) is 0 Å². The van der Waals surface area contributed by atoms with Crippen molar-refractivity contribution in [3.63, 3.8) is 0 Å². The van der Waals surface area contributed by atoms with Crippen LogP contribution < -0.4 is 15.7 Å². The van der Waals surface area contributed by atoms with Crippen LogP contribution >= 0.6 is 0 Å². The average Bonchev–Trinajstić information content (AvgIpc) is 2.50. The quantitative estimate of drug-likeness (QED) is 0.665. The van der Waals surface area contributed by atoms with Crippen LogP contribution in [-0.2, 0) is 0 Å². The van der Waals surface area contributed by atoms with Crippen molar-refractivity contribution in [2.75, 3.05) is 0 Å². The zero-order chi connectivity index (χ0) is 13.8. The van der Waals surface area contributed by atoms with Crippen molar-refractivity contribution in [3.05, 3.63) is 84.6 Å². The van der Waals surface area contributed by atoms with Gasteiger partial charge in [-0.1, -0.05) is 60.7 Å². The Morgan fingerprint density at radius 3 is 1.80 bits per heavy atom. The molecule has 0 fully saturated rings. The van der Waals surface area contributed by atoms with Gasteiger partial charge in [0, 0.05) is 11.5 Å². The van der Waals surface area contributed by atoms with Gasteiger partial charge in [0.1, 0.15) is 0 Å². The number of pyridine rings is 1. The third-order valence-electron chi connectivity index (χ3n) is 3.30. The maximum atomic E-state index is 4.64. The first kappa shape index (κ1) is 12.8. The molecular weight excluding hydrogens is 258 g/mol. The van der Waals surface area contributed by atoms with Gasteiger partial charge < -0.3 is 0 Å². The molecule has 0 amide bonds. The summed E-state index contributed by atoms with van der Waals surface area (Å²) in [5.74, 6) is 0. The molecule has 0 saturated heterocycles. The maximum absolute atomic E-state index is 4.64. The fourth-order valence-electron chi connectivity index (χ4n) is 2.34. The van der Waals surface area contributed by atoms with Gasteiger partial charge in [-0.15, -0.1) is 0 Å². The fraction of sp³-hybridized carbons (Fsp3) is 0.0556. The van der Waals surface area contributed by atoms with Gasteiger partial charge >= 0.3 is 0 Å². The van der Waals surface area contributed by atoms with Crippen molar-refractivity contribution < 1.29 is 0 Å². The van der Waals surface area contributed by atoms with Gasteiger partial charge in [-0.3, -0.25) is 4.98 Å². The maximum Gasteiger partial charge on any atom is 0.179 e. The molecule has 2 aromatic carbocycles. The van der Waals surface area contributed by atoms with Crippen LogP contribution in [0.5, 0.6) is 0 Å². The van der Waals surface area contributed by atoms with Crippen molar-refractivity contribution in [1.82, 2.24) is 4.98 Å². The van der Waals surface area contributed by atoms with E-state index < -0.39 is 8.80 Å². The average molecular weight is 274 g/mol. The van der Waals surface area contributed by atoms with Gasteiger partial charge in [-0.2, -0.15) is 0 Å². The summed E-state index contributed by atoms with van der Waals surface area (Å²) >= 11 is 0. The third kappa shape index (κ3) is 2.70. The van der Waals surface area contributed by atoms with Crippen molar-refractivity contribution in [1.29, 1.82) is 0 Å². The molecule has 1 aromatic heterocycles. The van der Waals surface area contributed by atoms with Crippen molar-refractivity contribution >= 4 is 24.5 Å². The van der Waals surface area contributed by atoms with Gasteiger partial charge in [0.05, 0.1) is 0 Å². The summed E-state index contributed by atoms with van der Waals surface area (Å²) in [6.45, 7) is 2.13. The minimum absolute atomic E-state index is 1.01. The van der Waals surface area contributed by atoms with Crippen LogP contribution in [0.15, 0.2) is 79.0 Å². The molecule has 0 atom stereocenters. The second-order valence-electron chi connectivity index (χ2n) is 4.83. The largest absolute Gasteiger partial charge is 0.265 e. The van der Waals surface area contributed by atoms with E-state index in [1.807, 2.05) is 6.20 Å². The van der Waals surface area contributed by atoms with Crippen LogP contribution in [0, 0.1) is 6.92 Å². The number of rotatable bonds is 3. The molecule has 20 heavy (non-hydrogen) atoms. The van der Waals surface area contributed by atoms with Gasteiger partial charge in [-0.05, 0) is 35.0 Å². The van der Waals surface area contributed by atoms with Crippen LogP contribution in [0.3, 0.4) is 0 Å². The highest BCUT2D eigenvalue weighted by Gasteiger charge is 2.20. The van der Waals surface area contributed by atoms with E-state index in [2.05, 4.69) is 84.7 Å². The molecule has 1 heterocycles. The molecule has 1 radical (unpaired) electrons. The van der Waals surface area contributed by atoms with Crippen LogP contribution in [-0.4, -0.2) is 13.8 Å². The van der Waals surface area contributed by atoms with Crippen molar-refractivity contribution in [3.8, 4) is 0 Å². The monoisotopic (exact) mass is 274 g/mol. The molecule has 0 saturated carbocycles. The molecular formula is C18H16NSi. The topological polar surface area (TPSA) is 12.9 Å². The van der Waals surface area contributed by atoms with E-state index in [0.29, 0.717) is 0 Å². The van der Waals surface area contributed by atoms with Gasteiger partial charge in [0.25, 0.3) is 0 Å². The normalized spacial score (nSPS) is 10.7. The highest BCUT2D eigenvalue weighted by Crippen LogP contribution is 1.96. The zero-order valence-corrected chi connectivity index (χ0v) is 12.5. The molecule has 1 nitrogen and oxygen atoms in total. The molecule has 0 N–H and O–H groups in total. The summed E-state index contributed by atoms with van der Waals surface area (Å²) < 4.78 is 0. The van der Waals surface area contributed by atoms with E-state index >= 15 is 0 Å². The third-order valence-corrected chi connectivity index (χ3v) is 5.90. The summed E-state index contributed by atoms with van der Waals surface area (Å²) in [6, 6.07) is 25.7. The Morgan fingerprint density at radius 2 is 1.30 bits per heavy atom. The number of aryl methyl sites for hydroxylation is 1. The molecule has 0 aliphatic rings. The summed E-state index contributed by atoms with van der Waals surface area (Å²) in [7, 11) is -1.01. The second kappa shape index (κ2) is 5.84. The van der Waals surface area contributed by atoms with E-state index in [-0.39, 0.29) is 0 Å². The lowest BCUT2D eigenvalue weighted by Crippen LogP contribution is -2.53. The highest BCUT2D eigenvalue weighted by atomic mass is 28.3. The smallest absolute Gasteiger partial charge is 0.179 e. The lowest BCUT2D eigenvalue weighted by atomic mass is 10.3. The Hall–Kier alpha value is -2.19. The first-order valence-corrected chi connectivity index (χ1v) is 8.25. The lowest BCUT2D eigenvalue weighted by molar-refractivity contribution is 1.33. The van der Waals surface area contributed by atoms with E-state index in [9.17, 15) is 0 Å². The Bertz CT molecular complexity index is 641. The predicted octanol–water partition coefficient (Wildman–Crippen LogP) is 1.91. The molecule has 3 aromatic rings. The first-order valence-electron chi connectivity index (χ1n) is 6.75. The standard InChI is InChI=1S/C18H16NSi/c1-15-12-13-19-18(14-15)20(16-8-4-2-5-9-16)17-10-6-3-7-11-17/h2-14H,1H3. The molecule has 0 bridgehead atoms. The first-order chi connectivity index (χ1) is 9.84. The lowest BCUT2D eigenvalue weighted by Gasteiger charge is -2.15. The Kier molecular flexibility index (Phi) is 3.75. The predicted molar refractivity (Wildman–Crippen MR) is 86.5 cm³/mol. The number of hydrogen-bond acceptors (Lipinski definition) is 1. The summed E-state index contributed by atoms with van der Waals surface area (Å²) in [4.78, 5) is 4.64. The molecule has 97 valence electrons.